The lowest BCUT2D eigenvalue weighted by Crippen LogP contribution is -2.27. The molecule has 0 saturated carbocycles. The van der Waals surface area contributed by atoms with Gasteiger partial charge in [-0.1, -0.05) is 12.1 Å². The molecule has 0 aromatic heterocycles. The van der Waals surface area contributed by atoms with Gasteiger partial charge in [0.2, 0.25) is 5.91 Å². The van der Waals surface area contributed by atoms with Crippen molar-refractivity contribution in [1.82, 2.24) is 4.90 Å². The van der Waals surface area contributed by atoms with E-state index in [0.29, 0.717) is 18.5 Å². The third-order valence-electron chi connectivity index (χ3n) is 4.42. The van der Waals surface area contributed by atoms with Gasteiger partial charge in [-0.3, -0.25) is 9.52 Å². The summed E-state index contributed by atoms with van der Waals surface area (Å²) in [5.74, 6) is -0.319. The van der Waals surface area contributed by atoms with Crippen molar-refractivity contribution in [3.8, 4) is 0 Å². The monoisotopic (exact) mass is 376 g/mol. The van der Waals surface area contributed by atoms with Crippen LogP contribution in [0.4, 0.5) is 10.1 Å². The molecule has 1 saturated heterocycles. The van der Waals surface area contributed by atoms with Crippen LogP contribution in [0.2, 0.25) is 0 Å². The van der Waals surface area contributed by atoms with Crippen LogP contribution in [-0.4, -0.2) is 32.3 Å². The van der Waals surface area contributed by atoms with Gasteiger partial charge in [0.25, 0.3) is 10.0 Å². The number of likely N-dealkylation sites (tertiary alicyclic amines) is 1. The van der Waals surface area contributed by atoms with Gasteiger partial charge in [0.1, 0.15) is 5.82 Å². The summed E-state index contributed by atoms with van der Waals surface area (Å²) in [7, 11) is -3.76. The first-order chi connectivity index (χ1) is 12.4. The number of carbonyl (C=O) groups excluding carboxylic acids is 1. The van der Waals surface area contributed by atoms with Crippen LogP contribution in [0.15, 0.2) is 53.4 Å². The minimum atomic E-state index is -3.76. The summed E-state index contributed by atoms with van der Waals surface area (Å²) >= 11 is 0. The zero-order valence-corrected chi connectivity index (χ0v) is 15.1. The summed E-state index contributed by atoms with van der Waals surface area (Å²) in [6, 6.07) is 11.6. The van der Waals surface area contributed by atoms with Crippen molar-refractivity contribution in [3.05, 3.63) is 59.9 Å². The average Bonchev–Trinajstić information content (AvgIpc) is 3.16. The van der Waals surface area contributed by atoms with E-state index < -0.39 is 15.8 Å². The van der Waals surface area contributed by atoms with E-state index >= 15 is 0 Å². The number of hydrogen-bond donors (Lipinski definition) is 1. The van der Waals surface area contributed by atoms with Crippen LogP contribution in [0.25, 0.3) is 0 Å². The molecule has 0 aliphatic carbocycles. The zero-order valence-electron chi connectivity index (χ0n) is 14.3. The number of rotatable bonds is 6. The Balaban J connectivity index is 1.58. The first-order valence-electron chi connectivity index (χ1n) is 8.59. The highest BCUT2D eigenvalue weighted by molar-refractivity contribution is 7.92. The van der Waals surface area contributed by atoms with E-state index in [-0.39, 0.29) is 10.8 Å². The number of hydrogen-bond acceptors (Lipinski definition) is 3. The molecule has 3 rings (SSSR count). The molecule has 1 aliphatic rings. The summed E-state index contributed by atoms with van der Waals surface area (Å²) in [6.07, 6.45) is 3.24. The molecule has 138 valence electrons. The highest BCUT2D eigenvalue weighted by Gasteiger charge is 2.17. The fourth-order valence-electron chi connectivity index (χ4n) is 2.94. The average molecular weight is 376 g/mol. The van der Waals surface area contributed by atoms with Crippen LogP contribution in [0.1, 0.15) is 24.8 Å². The molecule has 0 bridgehead atoms. The van der Waals surface area contributed by atoms with Crippen molar-refractivity contribution in [1.29, 1.82) is 0 Å². The number of nitrogens with zero attached hydrogens (tertiary/aromatic N) is 1. The Kier molecular flexibility index (Phi) is 5.56. The molecular formula is C19H21FN2O3S. The molecule has 2 aromatic carbocycles. The molecule has 1 fully saturated rings. The Labute approximate surface area is 152 Å². The zero-order chi connectivity index (χ0) is 18.6. The van der Waals surface area contributed by atoms with Crippen molar-refractivity contribution in [2.45, 2.75) is 30.6 Å². The van der Waals surface area contributed by atoms with E-state index in [4.69, 9.17) is 0 Å². The number of anilines is 1. The number of nitrogens with one attached hydrogen (secondary N) is 1. The molecular weight excluding hydrogens is 355 g/mol. The van der Waals surface area contributed by atoms with Gasteiger partial charge in [0.15, 0.2) is 0 Å². The first-order valence-corrected chi connectivity index (χ1v) is 10.1. The van der Waals surface area contributed by atoms with Crippen LogP contribution < -0.4 is 4.72 Å². The first kappa shape index (κ1) is 18.4. The van der Waals surface area contributed by atoms with Gasteiger partial charge in [0, 0.05) is 25.2 Å². The molecule has 0 unspecified atom stereocenters. The second kappa shape index (κ2) is 7.86. The molecule has 1 heterocycles. The van der Waals surface area contributed by atoms with Crippen LogP contribution in [-0.2, 0) is 21.2 Å². The Bertz CT molecular complexity index is 859. The largest absolute Gasteiger partial charge is 0.343 e. The summed E-state index contributed by atoms with van der Waals surface area (Å²) in [5, 5.41) is 0. The summed E-state index contributed by atoms with van der Waals surface area (Å²) in [5.41, 5.74) is 1.39. The number of aryl methyl sites for hydroxylation is 1. The van der Waals surface area contributed by atoms with Gasteiger partial charge >= 0.3 is 0 Å². The van der Waals surface area contributed by atoms with Crippen LogP contribution >= 0.6 is 0 Å². The molecule has 1 aliphatic heterocycles. The highest BCUT2D eigenvalue weighted by Crippen LogP contribution is 2.18. The van der Waals surface area contributed by atoms with E-state index in [0.717, 1.165) is 43.6 Å². The van der Waals surface area contributed by atoms with Gasteiger partial charge in [-0.05, 0) is 61.2 Å². The second-order valence-corrected chi connectivity index (χ2v) is 8.03. The van der Waals surface area contributed by atoms with Crippen LogP contribution in [0.5, 0.6) is 0 Å². The quantitative estimate of drug-likeness (QED) is 0.842. The SMILES string of the molecule is O=C(CCc1ccc(NS(=O)(=O)c2ccc(F)cc2)cc1)N1CCCC1. The van der Waals surface area contributed by atoms with Gasteiger partial charge < -0.3 is 4.90 Å². The van der Waals surface area contributed by atoms with Gasteiger partial charge in [-0.2, -0.15) is 0 Å². The van der Waals surface area contributed by atoms with Crippen molar-refractivity contribution in [2.24, 2.45) is 0 Å². The summed E-state index contributed by atoms with van der Waals surface area (Å²) in [6.45, 7) is 1.70. The predicted molar refractivity (Wildman–Crippen MR) is 97.8 cm³/mol. The molecule has 0 radical (unpaired) electrons. The van der Waals surface area contributed by atoms with Crippen molar-refractivity contribution in [3.63, 3.8) is 0 Å². The van der Waals surface area contributed by atoms with Crippen LogP contribution in [0.3, 0.4) is 0 Å². The second-order valence-electron chi connectivity index (χ2n) is 6.34. The molecule has 26 heavy (non-hydrogen) atoms. The van der Waals surface area contributed by atoms with Gasteiger partial charge in [0.05, 0.1) is 4.90 Å². The third-order valence-corrected chi connectivity index (χ3v) is 5.81. The predicted octanol–water partition coefficient (Wildman–Crippen LogP) is 3.18. The molecule has 5 nitrogen and oxygen atoms in total. The number of sulfonamides is 1. The topological polar surface area (TPSA) is 66.5 Å². The summed E-state index contributed by atoms with van der Waals surface area (Å²) < 4.78 is 39.9. The van der Waals surface area contributed by atoms with Crippen molar-refractivity contribution < 1.29 is 17.6 Å². The fraction of sp³-hybridized carbons (Fsp3) is 0.316. The normalized spacial score (nSPS) is 14.4. The Morgan fingerprint density at radius 1 is 1.00 bits per heavy atom. The van der Waals surface area contributed by atoms with Crippen molar-refractivity contribution in [2.75, 3.05) is 17.8 Å². The van der Waals surface area contributed by atoms with Crippen molar-refractivity contribution >= 4 is 21.6 Å². The Hall–Kier alpha value is -2.41. The smallest absolute Gasteiger partial charge is 0.261 e. The Morgan fingerprint density at radius 2 is 1.62 bits per heavy atom. The molecule has 1 amide bonds. The van der Waals surface area contributed by atoms with E-state index in [1.807, 2.05) is 4.90 Å². The molecule has 0 spiro atoms. The summed E-state index contributed by atoms with van der Waals surface area (Å²) in [4.78, 5) is 14.0. The molecule has 0 atom stereocenters. The number of benzene rings is 2. The molecule has 2 aromatic rings. The van der Waals surface area contributed by atoms with E-state index in [1.54, 1.807) is 24.3 Å². The molecule has 1 N–H and O–H groups in total. The minimum absolute atomic E-state index is 0.000753. The highest BCUT2D eigenvalue weighted by atomic mass is 32.2. The maximum absolute atomic E-state index is 12.9. The van der Waals surface area contributed by atoms with Crippen LogP contribution in [0, 0.1) is 5.82 Å². The lowest BCUT2D eigenvalue weighted by Gasteiger charge is -2.15. The van der Waals surface area contributed by atoms with Gasteiger partial charge in [-0.25, -0.2) is 12.8 Å². The van der Waals surface area contributed by atoms with E-state index in [1.165, 1.54) is 12.1 Å². The maximum atomic E-state index is 12.9. The minimum Gasteiger partial charge on any atom is -0.343 e. The maximum Gasteiger partial charge on any atom is 0.261 e. The van der Waals surface area contributed by atoms with Gasteiger partial charge in [-0.15, -0.1) is 0 Å². The standard InChI is InChI=1S/C19H21FN2O3S/c20-16-6-10-18(11-7-16)26(24,25)21-17-8-3-15(4-9-17)5-12-19(23)22-13-1-2-14-22/h3-4,6-11,21H,1-2,5,12-14H2. The lowest BCUT2D eigenvalue weighted by atomic mass is 10.1. The lowest BCUT2D eigenvalue weighted by molar-refractivity contribution is -0.130. The van der Waals surface area contributed by atoms with E-state index in [2.05, 4.69) is 4.72 Å². The molecule has 7 heteroatoms. The fourth-order valence-corrected chi connectivity index (χ4v) is 4.00. The number of amides is 1. The third kappa shape index (κ3) is 4.60. The number of carbonyl (C=O) groups is 1. The van der Waals surface area contributed by atoms with E-state index in [9.17, 15) is 17.6 Å². The Morgan fingerprint density at radius 3 is 2.23 bits per heavy atom. The number of halogens is 1.